The van der Waals surface area contributed by atoms with Gasteiger partial charge in [0.25, 0.3) is 0 Å². The molecule has 7 heteroatoms. The lowest BCUT2D eigenvalue weighted by molar-refractivity contribution is 0.114. The molecule has 0 aliphatic rings. The molecule has 2 rings (SSSR count). The molecule has 1 heterocycles. The lowest BCUT2D eigenvalue weighted by Gasteiger charge is -2.16. The Labute approximate surface area is 164 Å². The molecule has 0 radical (unpaired) electrons. The van der Waals surface area contributed by atoms with Gasteiger partial charge in [0.1, 0.15) is 17.4 Å². The lowest BCUT2D eigenvalue weighted by atomic mass is 10.1. The Morgan fingerprint density at radius 3 is 2.50 bits per heavy atom. The van der Waals surface area contributed by atoms with Crippen LogP contribution >= 0.6 is 23.2 Å². The Balaban J connectivity index is 2.26. The molecular weight excluding hydrogens is 375 g/mol. The molecule has 26 heavy (non-hydrogen) atoms. The van der Waals surface area contributed by atoms with Gasteiger partial charge in [0.15, 0.2) is 11.5 Å². The number of hydrogen-bond acceptors (Lipinski definition) is 5. The van der Waals surface area contributed by atoms with Crippen LogP contribution in [0.4, 0.5) is 0 Å². The zero-order valence-corrected chi connectivity index (χ0v) is 16.8. The minimum absolute atomic E-state index is 0.341. The van der Waals surface area contributed by atoms with Crippen LogP contribution < -0.4 is 4.74 Å². The van der Waals surface area contributed by atoms with Gasteiger partial charge in [-0.15, -0.1) is 0 Å². The van der Waals surface area contributed by atoms with E-state index in [9.17, 15) is 0 Å². The summed E-state index contributed by atoms with van der Waals surface area (Å²) in [5.74, 6) is 1.08. The number of hydrogen-bond donors (Lipinski definition) is 0. The van der Waals surface area contributed by atoms with Crippen molar-refractivity contribution in [1.29, 1.82) is 0 Å². The maximum atomic E-state index is 6.46. The third-order valence-corrected chi connectivity index (χ3v) is 4.77. The van der Waals surface area contributed by atoms with Gasteiger partial charge in [-0.1, -0.05) is 42.2 Å². The third kappa shape index (κ3) is 5.16. The molecule has 1 aromatic carbocycles. The number of oxime groups is 1. The second kappa shape index (κ2) is 10.5. The van der Waals surface area contributed by atoms with Crippen LogP contribution in [-0.2, 0) is 4.84 Å². The van der Waals surface area contributed by atoms with Gasteiger partial charge in [0, 0.05) is 12.1 Å². The number of benzene rings is 1. The number of halogens is 2. The second-order valence-electron chi connectivity index (χ2n) is 5.45. The molecule has 0 fully saturated rings. The Morgan fingerprint density at radius 2 is 1.88 bits per heavy atom. The summed E-state index contributed by atoms with van der Waals surface area (Å²) in [5, 5.41) is 4.96. The highest BCUT2D eigenvalue weighted by molar-refractivity contribution is 6.45. The van der Waals surface area contributed by atoms with E-state index >= 15 is 0 Å². The van der Waals surface area contributed by atoms with E-state index in [4.69, 9.17) is 37.2 Å². The van der Waals surface area contributed by atoms with Crippen molar-refractivity contribution >= 4 is 28.9 Å². The van der Waals surface area contributed by atoms with Crippen molar-refractivity contribution in [2.75, 3.05) is 32.8 Å². The Kier molecular flexibility index (Phi) is 8.29. The summed E-state index contributed by atoms with van der Waals surface area (Å²) < 4.78 is 11.0. The van der Waals surface area contributed by atoms with Crippen molar-refractivity contribution < 1.29 is 14.0 Å². The maximum Gasteiger partial charge on any atom is 0.156 e. The first-order valence-electron chi connectivity index (χ1n) is 8.69. The standard InChI is InChI=1S/C19H24Cl2N2O3/c1-4-23(5-2)11-13-26-22-19(16-8-7-12-25-16)14-9-10-15(24-6-3)18(21)17(14)20/h7-10,12H,4-6,11,13H2,1-3H3. The van der Waals surface area contributed by atoms with Crippen molar-refractivity contribution in [3.05, 3.63) is 51.9 Å². The fraction of sp³-hybridized carbons (Fsp3) is 0.421. The highest BCUT2D eigenvalue weighted by atomic mass is 35.5. The van der Waals surface area contributed by atoms with E-state index in [2.05, 4.69) is 23.9 Å². The summed E-state index contributed by atoms with van der Waals surface area (Å²) in [5.41, 5.74) is 1.11. The quantitative estimate of drug-likeness (QED) is 0.317. The number of furan rings is 1. The maximum absolute atomic E-state index is 6.46. The van der Waals surface area contributed by atoms with E-state index in [1.165, 1.54) is 0 Å². The number of likely N-dealkylation sites (N-methyl/N-ethyl adjacent to an activating group) is 1. The molecule has 5 nitrogen and oxygen atoms in total. The highest BCUT2D eigenvalue weighted by Gasteiger charge is 2.19. The first kappa shape index (κ1) is 20.6. The molecule has 0 saturated carbocycles. The molecule has 0 atom stereocenters. The summed E-state index contributed by atoms with van der Waals surface area (Å²) in [6, 6.07) is 7.15. The van der Waals surface area contributed by atoms with Crippen LogP contribution in [0.5, 0.6) is 5.75 Å². The van der Waals surface area contributed by atoms with Crippen molar-refractivity contribution in [3.8, 4) is 5.75 Å². The first-order valence-corrected chi connectivity index (χ1v) is 9.45. The van der Waals surface area contributed by atoms with Crippen LogP contribution in [0, 0.1) is 0 Å². The third-order valence-electron chi connectivity index (χ3n) is 3.91. The highest BCUT2D eigenvalue weighted by Crippen LogP contribution is 2.36. The molecule has 0 bridgehead atoms. The van der Waals surface area contributed by atoms with Crippen molar-refractivity contribution in [2.24, 2.45) is 5.16 Å². The van der Waals surface area contributed by atoms with Crippen LogP contribution in [0.15, 0.2) is 40.1 Å². The van der Waals surface area contributed by atoms with Crippen LogP contribution in [0.3, 0.4) is 0 Å². The predicted octanol–water partition coefficient (Wildman–Crippen LogP) is 5.10. The number of rotatable bonds is 10. The van der Waals surface area contributed by atoms with E-state index in [-0.39, 0.29) is 0 Å². The molecule has 0 aliphatic heterocycles. The normalized spacial score (nSPS) is 11.8. The monoisotopic (exact) mass is 398 g/mol. The Hall–Kier alpha value is -1.69. The fourth-order valence-corrected chi connectivity index (χ4v) is 2.91. The zero-order valence-electron chi connectivity index (χ0n) is 15.3. The average molecular weight is 399 g/mol. The average Bonchev–Trinajstić information content (AvgIpc) is 3.18. The van der Waals surface area contributed by atoms with E-state index in [1.54, 1.807) is 30.5 Å². The van der Waals surface area contributed by atoms with Crippen LogP contribution in [-0.4, -0.2) is 43.5 Å². The van der Waals surface area contributed by atoms with Crippen LogP contribution in [0.25, 0.3) is 0 Å². The molecule has 0 amide bonds. The summed E-state index contributed by atoms with van der Waals surface area (Å²) in [7, 11) is 0. The molecule has 0 aliphatic carbocycles. The largest absolute Gasteiger partial charge is 0.492 e. The van der Waals surface area contributed by atoms with Gasteiger partial charge in [-0.2, -0.15) is 0 Å². The second-order valence-corrected chi connectivity index (χ2v) is 6.21. The SMILES string of the molecule is CCOc1ccc(C(=NOCCN(CC)CC)c2ccco2)c(Cl)c1Cl. The molecule has 0 spiro atoms. The topological polar surface area (TPSA) is 47.2 Å². The zero-order chi connectivity index (χ0) is 18.9. The van der Waals surface area contributed by atoms with E-state index < -0.39 is 0 Å². The van der Waals surface area contributed by atoms with Crippen molar-refractivity contribution in [1.82, 2.24) is 4.90 Å². The minimum Gasteiger partial charge on any atom is -0.492 e. The van der Waals surface area contributed by atoms with Crippen molar-refractivity contribution in [2.45, 2.75) is 20.8 Å². The minimum atomic E-state index is 0.341. The van der Waals surface area contributed by atoms with Gasteiger partial charge < -0.3 is 18.9 Å². The van der Waals surface area contributed by atoms with Crippen molar-refractivity contribution in [3.63, 3.8) is 0 Å². The number of ether oxygens (including phenoxy) is 1. The van der Waals surface area contributed by atoms with Crippen LogP contribution in [0.1, 0.15) is 32.1 Å². The molecule has 0 N–H and O–H groups in total. The Bertz CT molecular complexity index is 714. The molecule has 2 aromatic rings. The molecule has 142 valence electrons. The smallest absolute Gasteiger partial charge is 0.156 e. The van der Waals surface area contributed by atoms with E-state index in [0.717, 1.165) is 19.6 Å². The predicted molar refractivity (Wildman–Crippen MR) is 106 cm³/mol. The summed E-state index contributed by atoms with van der Waals surface area (Å²) >= 11 is 12.8. The Morgan fingerprint density at radius 1 is 1.12 bits per heavy atom. The van der Waals surface area contributed by atoms with Crippen LogP contribution in [0.2, 0.25) is 10.0 Å². The first-order chi connectivity index (χ1) is 12.6. The fourth-order valence-electron chi connectivity index (χ4n) is 2.44. The van der Waals surface area contributed by atoms with E-state index in [1.807, 2.05) is 6.92 Å². The van der Waals surface area contributed by atoms with Gasteiger partial charge in [0.2, 0.25) is 0 Å². The summed E-state index contributed by atoms with van der Waals surface area (Å²) in [6.45, 7) is 9.81. The molecule has 0 unspecified atom stereocenters. The van der Waals surface area contributed by atoms with Gasteiger partial charge in [-0.25, -0.2) is 0 Å². The van der Waals surface area contributed by atoms with Gasteiger partial charge >= 0.3 is 0 Å². The van der Waals surface area contributed by atoms with Gasteiger partial charge in [0.05, 0.1) is 17.9 Å². The van der Waals surface area contributed by atoms with Gasteiger partial charge in [-0.3, -0.25) is 0 Å². The van der Waals surface area contributed by atoms with Gasteiger partial charge in [-0.05, 0) is 44.3 Å². The lowest BCUT2D eigenvalue weighted by Crippen LogP contribution is -2.26. The van der Waals surface area contributed by atoms with E-state index in [0.29, 0.717) is 46.0 Å². The summed E-state index contributed by atoms with van der Waals surface area (Å²) in [4.78, 5) is 7.79. The molecule has 0 saturated heterocycles. The molecule has 1 aromatic heterocycles. The molecular formula is C19H24Cl2N2O3. The number of nitrogens with zero attached hydrogens (tertiary/aromatic N) is 2. The summed E-state index contributed by atoms with van der Waals surface area (Å²) in [6.07, 6.45) is 1.57.